The molecule has 9 heteroatoms. The largest absolute Gasteiger partial charge is 0.324 e. The van der Waals surface area contributed by atoms with E-state index in [0.29, 0.717) is 0 Å². The SMILES string of the molecule is O=[N+]([O-])c1ccc(-c2ccc(-c3ccc([N+](=O)[O-])s3)s2)s1. The van der Waals surface area contributed by atoms with Crippen LogP contribution in [0.25, 0.3) is 19.5 Å². The summed E-state index contributed by atoms with van der Waals surface area (Å²) >= 11 is 3.70. The van der Waals surface area contributed by atoms with E-state index in [0.717, 1.165) is 42.2 Å². The lowest BCUT2D eigenvalue weighted by Crippen LogP contribution is -1.80. The Bertz CT molecular complexity index is 766. The van der Waals surface area contributed by atoms with Crippen molar-refractivity contribution in [3.8, 4) is 19.5 Å². The second-order valence-electron chi connectivity index (χ2n) is 3.95. The highest BCUT2D eigenvalue weighted by molar-refractivity contribution is 7.27. The molecule has 0 spiro atoms. The van der Waals surface area contributed by atoms with Crippen molar-refractivity contribution in [1.29, 1.82) is 0 Å². The third kappa shape index (κ3) is 2.71. The second-order valence-corrected chi connectivity index (χ2v) is 7.16. The zero-order valence-electron chi connectivity index (χ0n) is 10.2. The van der Waals surface area contributed by atoms with Crippen molar-refractivity contribution in [2.24, 2.45) is 0 Å². The van der Waals surface area contributed by atoms with Gasteiger partial charge in [-0.1, -0.05) is 22.7 Å². The van der Waals surface area contributed by atoms with Gasteiger partial charge in [-0.25, -0.2) is 0 Å². The molecular weight excluding hydrogens is 332 g/mol. The van der Waals surface area contributed by atoms with Gasteiger partial charge in [0.1, 0.15) is 0 Å². The summed E-state index contributed by atoms with van der Waals surface area (Å²) in [6, 6.07) is 10.2. The van der Waals surface area contributed by atoms with Crippen LogP contribution in [0, 0.1) is 20.2 Å². The maximum atomic E-state index is 10.7. The predicted molar refractivity (Wildman–Crippen MR) is 84.3 cm³/mol. The quantitative estimate of drug-likeness (QED) is 0.493. The molecule has 0 aliphatic rings. The van der Waals surface area contributed by atoms with Gasteiger partial charge in [0, 0.05) is 21.9 Å². The molecule has 0 saturated heterocycles. The first-order valence-corrected chi connectivity index (χ1v) is 8.08. The maximum absolute atomic E-state index is 10.7. The zero-order valence-corrected chi connectivity index (χ0v) is 12.7. The molecule has 0 radical (unpaired) electrons. The van der Waals surface area contributed by atoms with Crippen molar-refractivity contribution in [3.05, 3.63) is 56.6 Å². The average Bonchev–Trinajstić information content (AvgIpc) is 3.18. The summed E-state index contributed by atoms with van der Waals surface area (Å²) < 4.78 is 0. The Kier molecular flexibility index (Phi) is 3.53. The number of nitro groups is 2. The Labute approximate surface area is 130 Å². The second kappa shape index (κ2) is 5.35. The van der Waals surface area contributed by atoms with E-state index in [9.17, 15) is 20.2 Å². The van der Waals surface area contributed by atoms with Crippen LogP contribution in [-0.4, -0.2) is 9.85 Å². The molecule has 3 aromatic rings. The van der Waals surface area contributed by atoms with Crippen LogP contribution in [0.5, 0.6) is 0 Å². The first kappa shape index (κ1) is 13.9. The predicted octanol–water partition coefficient (Wildman–Crippen LogP) is 5.02. The monoisotopic (exact) mass is 338 g/mol. The summed E-state index contributed by atoms with van der Waals surface area (Å²) in [7, 11) is 0. The number of hydrogen-bond acceptors (Lipinski definition) is 7. The van der Waals surface area contributed by atoms with E-state index in [-0.39, 0.29) is 10.0 Å². The third-order valence-corrected chi connectivity index (χ3v) is 6.19. The van der Waals surface area contributed by atoms with E-state index < -0.39 is 9.85 Å². The van der Waals surface area contributed by atoms with Gasteiger partial charge in [0.2, 0.25) is 0 Å². The topological polar surface area (TPSA) is 86.3 Å². The van der Waals surface area contributed by atoms with Gasteiger partial charge in [-0.15, -0.1) is 11.3 Å². The van der Waals surface area contributed by atoms with Gasteiger partial charge < -0.3 is 0 Å². The maximum Gasteiger partial charge on any atom is 0.324 e. The van der Waals surface area contributed by atoms with Crippen LogP contribution in [0.3, 0.4) is 0 Å². The molecule has 3 aromatic heterocycles. The molecule has 0 atom stereocenters. The van der Waals surface area contributed by atoms with E-state index in [1.165, 1.54) is 23.5 Å². The van der Waals surface area contributed by atoms with Crippen LogP contribution in [0.4, 0.5) is 10.0 Å². The van der Waals surface area contributed by atoms with Gasteiger partial charge in [-0.05, 0) is 24.3 Å². The molecule has 0 saturated carbocycles. The van der Waals surface area contributed by atoms with Crippen LogP contribution in [0.2, 0.25) is 0 Å². The third-order valence-electron chi connectivity index (χ3n) is 2.64. The van der Waals surface area contributed by atoms with Gasteiger partial charge in [-0.2, -0.15) is 0 Å². The fourth-order valence-electron chi connectivity index (χ4n) is 1.72. The van der Waals surface area contributed by atoms with Crippen LogP contribution >= 0.6 is 34.0 Å². The summed E-state index contributed by atoms with van der Waals surface area (Å²) in [5.74, 6) is 0. The number of hydrogen-bond donors (Lipinski definition) is 0. The Morgan fingerprint density at radius 2 is 0.952 bits per heavy atom. The Morgan fingerprint density at radius 1 is 0.619 bits per heavy atom. The van der Waals surface area contributed by atoms with E-state index in [1.807, 2.05) is 12.1 Å². The van der Waals surface area contributed by atoms with Crippen molar-refractivity contribution in [2.75, 3.05) is 0 Å². The molecule has 0 unspecified atom stereocenters. The van der Waals surface area contributed by atoms with Gasteiger partial charge in [0.25, 0.3) is 0 Å². The highest BCUT2D eigenvalue weighted by Crippen LogP contribution is 2.42. The number of thiophene rings is 3. The Morgan fingerprint density at radius 3 is 1.29 bits per heavy atom. The van der Waals surface area contributed by atoms with Crippen molar-refractivity contribution < 1.29 is 9.85 Å². The smallest absolute Gasteiger partial charge is 0.258 e. The molecule has 3 rings (SSSR count). The molecule has 6 nitrogen and oxygen atoms in total. The normalized spacial score (nSPS) is 10.7. The van der Waals surface area contributed by atoms with Crippen LogP contribution < -0.4 is 0 Å². The Hall–Kier alpha value is -2.10. The highest BCUT2D eigenvalue weighted by Gasteiger charge is 2.15. The zero-order chi connectivity index (χ0) is 15.0. The van der Waals surface area contributed by atoms with E-state index in [2.05, 4.69) is 0 Å². The first-order chi connectivity index (χ1) is 10.0. The summed E-state index contributed by atoms with van der Waals surface area (Å²) in [5.41, 5.74) is 0. The number of rotatable bonds is 4. The molecule has 3 heterocycles. The molecule has 0 aromatic carbocycles. The fourth-order valence-corrected chi connectivity index (χ4v) is 4.55. The van der Waals surface area contributed by atoms with Crippen molar-refractivity contribution in [2.45, 2.75) is 0 Å². The molecule has 21 heavy (non-hydrogen) atoms. The Balaban J connectivity index is 1.91. The fraction of sp³-hybridized carbons (Fsp3) is 0. The van der Waals surface area contributed by atoms with Crippen molar-refractivity contribution >= 4 is 44.0 Å². The summed E-state index contributed by atoms with van der Waals surface area (Å²) in [6.07, 6.45) is 0. The lowest BCUT2D eigenvalue weighted by atomic mass is 10.3. The van der Waals surface area contributed by atoms with E-state index in [1.54, 1.807) is 12.1 Å². The minimum atomic E-state index is -0.411. The molecule has 0 amide bonds. The van der Waals surface area contributed by atoms with Crippen LogP contribution in [0.1, 0.15) is 0 Å². The average molecular weight is 338 g/mol. The van der Waals surface area contributed by atoms with Crippen LogP contribution in [-0.2, 0) is 0 Å². The molecule has 106 valence electrons. The molecule has 0 aliphatic heterocycles. The molecule has 0 N–H and O–H groups in total. The van der Waals surface area contributed by atoms with Crippen molar-refractivity contribution in [1.82, 2.24) is 0 Å². The van der Waals surface area contributed by atoms with Gasteiger partial charge in [0.05, 0.1) is 19.6 Å². The first-order valence-electron chi connectivity index (χ1n) is 5.63. The van der Waals surface area contributed by atoms with Gasteiger partial charge in [-0.3, -0.25) is 20.2 Å². The minimum Gasteiger partial charge on any atom is -0.258 e. The molecule has 0 bridgehead atoms. The molecule has 0 fully saturated rings. The molecule has 0 aliphatic carbocycles. The van der Waals surface area contributed by atoms with Gasteiger partial charge in [0.15, 0.2) is 0 Å². The number of nitrogens with zero attached hydrogens (tertiary/aromatic N) is 2. The highest BCUT2D eigenvalue weighted by atomic mass is 32.1. The summed E-state index contributed by atoms with van der Waals surface area (Å²) in [4.78, 5) is 24.0. The van der Waals surface area contributed by atoms with Crippen molar-refractivity contribution in [3.63, 3.8) is 0 Å². The molecular formula is C12H6N2O4S3. The summed E-state index contributed by atoms with van der Waals surface area (Å²) in [5, 5.41) is 21.6. The summed E-state index contributed by atoms with van der Waals surface area (Å²) in [6.45, 7) is 0. The van der Waals surface area contributed by atoms with E-state index in [4.69, 9.17) is 0 Å². The van der Waals surface area contributed by atoms with E-state index >= 15 is 0 Å². The van der Waals surface area contributed by atoms with Crippen LogP contribution in [0.15, 0.2) is 36.4 Å². The lowest BCUT2D eigenvalue weighted by Gasteiger charge is -1.89. The minimum absolute atomic E-state index is 0.103. The standard InChI is InChI=1S/C12H6N2O4S3/c15-13(16)11-5-3-9(20-11)7-1-2-8(19-7)10-4-6-12(21-10)14(17)18/h1-6H. The van der Waals surface area contributed by atoms with Gasteiger partial charge >= 0.3 is 10.0 Å². The lowest BCUT2D eigenvalue weighted by molar-refractivity contribution is -0.380.